The number of benzene rings is 2. The largest absolute Gasteiger partial charge is 0.465 e. The highest BCUT2D eigenvalue weighted by molar-refractivity contribution is 7.89. The maximum absolute atomic E-state index is 13.5. The Bertz CT molecular complexity index is 1130. The molecule has 2 aromatic carbocycles. The van der Waals surface area contributed by atoms with Crippen molar-refractivity contribution in [2.24, 2.45) is 11.3 Å². The van der Waals surface area contributed by atoms with E-state index >= 15 is 0 Å². The van der Waals surface area contributed by atoms with E-state index in [0.717, 1.165) is 5.56 Å². The first-order valence-electron chi connectivity index (χ1n) is 12.8. The molecule has 0 aliphatic rings. The van der Waals surface area contributed by atoms with Crippen LogP contribution >= 0.6 is 0 Å². The standard InChI is InChI=1S/C28H41N3O6S/c1-20(2)16-17-31(38(36,37)22-14-10-7-11-15-22)19-24(32)23(18-21-12-8-6-9-13-21)29-26(33)25(28(3,4)5)30-27(34)35/h6-15,20,23-25,30,32H,16-19H2,1-5H3,(H,29,33)(H,34,35)/t23-,24+,25+/m0/s1. The lowest BCUT2D eigenvalue weighted by Crippen LogP contribution is -2.58. The van der Waals surface area contributed by atoms with E-state index in [2.05, 4.69) is 10.6 Å². The predicted octanol–water partition coefficient (Wildman–Crippen LogP) is 3.49. The summed E-state index contributed by atoms with van der Waals surface area (Å²) >= 11 is 0. The molecule has 2 amide bonds. The molecule has 0 radical (unpaired) electrons. The number of amides is 2. The smallest absolute Gasteiger partial charge is 0.405 e. The summed E-state index contributed by atoms with van der Waals surface area (Å²) in [6.07, 6.45) is -1.80. The van der Waals surface area contributed by atoms with Crippen LogP contribution in [0, 0.1) is 11.3 Å². The van der Waals surface area contributed by atoms with E-state index in [9.17, 15) is 28.2 Å². The highest BCUT2D eigenvalue weighted by Crippen LogP contribution is 2.22. The molecule has 0 fully saturated rings. The van der Waals surface area contributed by atoms with Gasteiger partial charge in [-0.05, 0) is 41.9 Å². The van der Waals surface area contributed by atoms with Crippen molar-refractivity contribution in [3.63, 3.8) is 0 Å². The second-order valence-electron chi connectivity index (χ2n) is 11.0. The molecular formula is C28H41N3O6S. The molecule has 0 heterocycles. The molecule has 10 heteroatoms. The number of hydrogen-bond acceptors (Lipinski definition) is 5. The lowest BCUT2D eigenvalue weighted by Gasteiger charge is -2.34. The molecular weight excluding hydrogens is 506 g/mol. The van der Waals surface area contributed by atoms with Crippen LogP contribution in [0.2, 0.25) is 0 Å². The van der Waals surface area contributed by atoms with Gasteiger partial charge in [-0.2, -0.15) is 4.31 Å². The van der Waals surface area contributed by atoms with Gasteiger partial charge in [0, 0.05) is 13.1 Å². The van der Waals surface area contributed by atoms with Gasteiger partial charge >= 0.3 is 6.09 Å². The number of nitrogens with one attached hydrogen (secondary N) is 2. The molecule has 3 atom stereocenters. The molecule has 4 N–H and O–H groups in total. The normalized spacial score (nSPS) is 14.6. The fourth-order valence-electron chi connectivity index (χ4n) is 4.01. The molecule has 38 heavy (non-hydrogen) atoms. The summed E-state index contributed by atoms with van der Waals surface area (Å²) in [7, 11) is -3.91. The van der Waals surface area contributed by atoms with Crippen LogP contribution in [-0.4, -0.2) is 66.2 Å². The van der Waals surface area contributed by atoms with Crippen LogP contribution in [-0.2, 0) is 21.2 Å². The number of aliphatic hydroxyl groups is 1. The average molecular weight is 548 g/mol. The van der Waals surface area contributed by atoms with E-state index in [1.807, 2.05) is 44.2 Å². The van der Waals surface area contributed by atoms with Crippen molar-refractivity contribution in [3.05, 3.63) is 66.2 Å². The lowest BCUT2D eigenvalue weighted by atomic mass is 9.85. The van der Waals surface area contributed by atoms with E-state index in [1.54, 1.807) is 39.0 Å². The van der Waals surface area contributed by atoms with Crippen molar-refractivity contribution in [1.82, 2.24) is 14.9 Å². The first kappa shape index (κ1) is 31.3. The molecule has 210 valence electrons. The Morgan fingerprint density at radius 2 is 1.50 bits per heavy atom. The Labute approximate surface area is 226 Å². The van der Waals surface area contributed by atoms with Gasteiger partial charge in [-0.1, -0.05) is 83.1 Å². The highest BCUT2D eigenvalue weighted by Gasteiger charge is 2.36. The molecule has 9 nitrogen and oxygen atoms in total. The van der Waals surface area contributed by atoms with Crippen LogP contribution in [0.1, 0.15) is 46.6 Å². The molecule has 0 aliphatic carbocycles. The zero-order valence-electron chi connectivity index (χ0n) is 22.8. The van der Waals surface area contributed by atoms with Gasteiger partial charge in [0.15, 0.2) is 0 Å². The van der Waals surface area contributed by atoms with Crippen molar-refractivity contribution in [2.45, 2.75) is 70.5 Å². The Morgan fingerprint density at radius 1 is 0.947 bits per heavy atom. The van der Waals surface area contributed by atoms with Gasteiger partial charge in [-0.3, -0.25) is 4.79 Å². The Morgan fingerprint density at radius 3 is 2.00 bits per heavy atom. The molecule has 0 unspecified atom stereocenters. The minimum Gasteiger partial charge on any atom is -0.465 e. The molecule has 0 saturated carbocycles. The minimum absolute atomic E-state index is 0.123. The minimum atomic E-state index is -3.91. The summed E-state index contributed by atoms with van der Waals surface area (Å²) in [4.78, 5) is 24.8. The predicted molar refractivity (Wildman–Crippen MR) is 147 cm³/mol. The van der Waals surface area contributed by atoms with Gasteiger partial charge < -0.3 is 20.8 Å². The van der Waals surface area contributed by atoms with Gasteiger partial charge in [0.2, 0.25) is 15.9 Å². The van der Waals surface area contributed by atoms with E-state index in [-0.39, 0.29) is 30.3 Å². The van der Waals surface area contributed by atoms with Gasteiger partial charge in [-0.25, -0.2) is 13.2 Å². The van der Waals surface area contributed by atoms with Gasteiger partial charge in [0.1, 0.15) is 6.04 Å². The number of rotatable bonds is 13. The second-order valence-corrected chi connectivity index (χ2v) is 12.9. The van der Waals surface area contributed by atoms with Crippen LogP contribution in [0.3, 0.4) is 0 Å². The molecule has 2 rings (SSSR count). The van der Waals surface area contributed by atoms with E-state index < -0.39 is 45.6 Å². The zero-order valence-corrected chi connectivity index (χ0v) is 23.6. The molecule has 0 aromatic heterocycles. The summed E-state index contributed by atoms with van der Waals surface area (Å²) in [5, 5.41) is 25.7. The van der Waals surface area contributed by atoms with Crippen LogP contribution in [0.15, 0.2) is 65.6 Å². The number of carbonyl (C=O) groups is 2. The summed E-state index contributed by atoms with van der Waals surface area (Å²) < 4.78 is 28.3. The zero-order chi connectivity index (χ0) is 28.5. The second kappa shape index (κ2) is 13.7. The fourth-order valence-corrected chi connectivity index (χ4v) is 5.50. The molecule has 2 aromatic rings. The average Bonchev–Trinajstić information content (AvgIpc) is 2.84. The van der Waals surface area contributed by atoms with Gasteiger partial charge in [-0.15, -0.1) is 0 Å². The Hall–Kier alpha value is -2.95. The molecule has 0 bridgehead atoms. The van der Waals surface area contributed by atoms with Crippen molar-refractivity contribution < 1.29 is 28.2 Å². The van der Waals surface area contributed by atoms with E-state index in [0.29, 0.717) is 6.42 Å². The summed E-state index contributed by atoms with van der Waals surface area (Å²) in [6.45, 7) is 9.13. The van der Waals surface area contributed by atoms with E-state index in [4.69, 9.17) is 0 Å². The van der Waals surface area contributed by atoms with Gasteiger partial charge in [0.05, 0.1) is 17.0 Å². The van der Waals surface area contributed by atoms with Crippen LogP contribution in [0.4, 0.5) is 4.79 Å². The summed E-state index contributed by atoms with van der Waals surface area (Å²) in [6, 6.07) is 15.3. The monoisotopic (exact) mass is 547 g/mol. The van der Waals surface area contributed by atoms with E-state index in [1.165, 1.54) is 16.4 Å². The van der Waals surface area contributed by atoms with Crippen molar-refractivity contribution in [1.29, 1.82) is 0 Å². The fraction of sp³-hybridized carbons (Fsp3) is 0.500. The van der Waals surface area contributed by atoms with Crippen LogP contribution in [0.25, 0.3) is 0 Å². The van der Waals surface area contributed by atoms with Crippen LogP contribution < -0.4 is 10.6 Å². The number of carbonyl (C=O) groups excluding carboxylic acids is 1. The third kappa shape index (κ3) is 9.41. The first-order chi connectivity index (χ1) is 17.7. The number of hydrogen-bond donors (Lipinski definition) is 4. The third-order valence-corrected chi connectivity index (χ3v) is 8.09. The molecule has 0 spiro atoms. The van der Waals surface area contributed by atoms with Crippen LogP contribution in [0.5, 0.6) is 0 Å². The molecule has 0 aliphatic heterocycles. The highest BCUT2D eigenvalue weighted by atomic mass is 32.2. The van der Waals surface area contributed by atoms with Crippen molar-refractivity contribution in [2.75, 3.05) is 13.1 Å². The maximum atomic E-state index is 13.5. The summed E-state index contributed by atoms with van der Waals surface area (Å²) in [5.41, 5.74) is 0.0833. The quantitative estimate of drug-likeness (QED) is 0.303. The topological polar surface area (TPSA) is 136 Å². The van der Waals surface area contributed by atoms with Crippen molar-refractivity contribution >= 4 is 22.0 Å². The third-order valence-electron chi connectivity index (χ3n) is 6.21. The number of nitrogens with zero attached hydrogens (tertiary/aromatic N) is 1. The van der Waals surface area contributed by atoms with Gasteiger partial charge in [0.25, 0.3) is 0 Å². The number of carboxylic acid groups (broad SMARTS) is 1. The lowest BCUT2D eigenvalue weighted by molar-refractivity contribution is -0.127. The number of aliphatic hydroxyl groups excluding tert-OH is 1. The number of sulfonamides is 1. The first-order valence-corrected chi connectivity index (χ1v) is 14.2. The Balaban J connectivity index is 2.38. The maximum Gasteiger partial charge on any atom is 0.405 e. The Kier molecular flexibility index (Phi) is 11.3. The van der Waals surface area contributed by atoms with Crippen molar-refractivity contribution in [3.8, 4) is 0 Å². The molecule has 0 saturated heterocycles. The summed E-state index contributed by atoms with van der Waals surface area (Å²) in [5.74, 6) is -0.366. The SMILES string of the molecule is CC(C)CCN(C[C@@H](O)[C@H](Cc1ccccc1)NC(=O)[C@@H](NC(=O)O)C(C)(C)C)S(=O)(=O)c1ccccc1.